The van der Waals surface area contributed by atoms with E-state index < -0.39 is 0 Å². The van der Waals surface area contributed by atoms with Crippen LogP contribution in [0.3, 0.4) is 0 Å². The maximum atomic E-state index is 5.50. The second kappa shape index (κ2) is 6.24. The Bertz CT molecular complexity index is 294. The maximum Gasteiger partial charge on any atom is 0.157 e. The molecular formula is C11H19N3O. The van der Waals surface area contributed by atoms with E-state index >= 15 is 0 Å². The molecule has 4 heteroatoms. The Morgan fingerprint density at radius 2 is 2.47 bits per heavy atom. The minimum Gasteiger partial charge on any atom is -0.489 e. The molecule has 0 atom stereocenters. The number of hydrogen-bond donors (Lipinski definition) is 1. The van der Waals surface area contributed by atoms with Crippen LogP contribution in [0.15, 0.2) is 25.0 Å². The zero-order valence-corrected chi connectivity index (χ0v) is 9.44. The Hall–Kier alpha value is -1.29. The lowest BCUT2D eigenvalue weighted by molar-refractivity contribution is 0.315. The lowest BCUT2D eigenvalue weighted by Crippen LogP contribution is -2.20. The van der Waals surface area contributed by atoms with Gasteiger partial charge in [-0.3, -0.25) is 4.68 Å². The fourth-order valence-corrected chi connectivity index (χ4v) is 1.12. The molecule has 0 unspecified atom stereocenters. The molecule has 0 aromatic carbocycles. The van der Waals surface area contributed by atoms with Crippen LogP contribution in [-0.4, -0.2) is 29.5 Å². The summed E-state index contributed by atoms with van der Waals surface area (Å²) >= 11 is 0. The molecule has 84 valence electrons. The molecule has 0 saturated heterocycles. The summed E-state index contributed by atoms with van der Waals surface area (Å²) in [6.07, 6.45) is 5.49. The van der Waals surface area contributed by atoms with Crippen molar-refractivity contribution in [2.24, 2.45) is 0 Å². The van der Waals surface area contributed by atoms with Crippen molar-refractivity contribution in [1.82, 2.24) is 15.1 Å². The van der Waals surface area contributed by atoms with Crippen LogP contribution in [-0.2, 0) is 0 Å². The predicted molar refractivity (Wildman–Crippen MR) is 61.2 cm³/mol. The molecule has 4 nitrogen and oxygen atoms in total. The molecule has 0 aliphatic heterocycles. The second-order valence-electron chi connectivity index (χ2n) is 3.59. The molecule has 1 rings (SSSR count). The Labute approximate surface area is 90.9 Å². The fraction of sp³-hybridized carbons (Fsp3) is 0.545. The number of rotatable bonds is 7. The molecule has 0 bridgehead atoms. The van der Waals surface area contributed by atoms with Gasteiger partial charge >= 0.3 is 0 Å². The zero-order valence-electron chi connectivity index (χ0n) is 9.44. The van der Waals surface area contributed by atoms with Crippen LogP contribution in [0.25, 0.3) is 0 Å². The van der Waals surface area contributed by atoms with Crippen LogP contribution in [0.4, 0.5) is 0 Å². The highest BCUT2D eigenvalue weighted by Crippen LogP contribution is 2.11. The van der Waals surface area contributed by atoms with Gasteiger partial charge in [0.05, 0.1) is 12.4 Å². The first-order chi connectivity index (χ1) is 7.24. The smallest absolute Gasteiger partial charge is 0.157 e. The van der Waals surface area contributed by atoms with Gasteiger partial charge in [0.2, 0.25) is 0 Å². The molecule has 1 aromatic heterocycles. The molecular weight excluding hydrogens is 190 g/mol. The highest BCUT2D eigenvalue weighted by Gasteiger charge is 2.01. The highest BCUT2D eigenvalue weighted by atomic mass is 16.5. The molecule has 1 heterocycles. The fourth-order valence-electron chi connectivity index (χ4n) is 1.12. The van der Waals surface area contributed by atoms with Gasteiger partial charge in [-0.05, 0) is 13.8 Å². The summed E-state index contributed by atoms with van der Waals surface area (Å²) in [5, 5.41) is 7.35. The molecule has 15 heavy (non-hydrogen) atoms. The summed E-state index contributed by atoms with van der Waals surface area (Å²) in [7, 11) is 0. The molecule has 0 aliphatic rings. The monoisotopic (exact) mass is 209 g/mol. The first-order valence-corrected chi connectivity index (χ1v) is 5.22. The van der Waals surface area contributed by atoms with Crippen molar-refractivity contribution >= 4 is 0 Å². The number of ether oxygens (including phenoxy) is 1. The number of hydrogen-bond acceptors (Lipinski definition) is 3. The van der Waals surface area contributed by atoms with Gasteiger partial charge < -0.3 is 10.1 Å². The Morgan fingerprint density at radius 1 is 1.67 bits per heavy atom. The molecule has 0 aliphatic carbocycles. The van der Waals surface area contributed by atoms with E-state index in [0.717, 1.165) is 18.8 Å². The third kappa shape index (κ3) is 4.16. The van der Waals surface area contributed by atoms with Crippen LogP contribution in [0.2, 0.25) is 0 Å². The van der Waals surface area contributed by atoms with Crippen LogP contribution in [0.5, 0.6) is 5.75 Å². The van der Waals surface area contributed by atoms with Crippen molar-refractivity contribution < 1.29 is 4.74 Å². The van der Waals surface area contributed by atoms with E-state index in [9.17, 15) is 0 Å². The van der Waals surface area contributed by atoms with Crippen molar-refractivity contribution in [3.05, 3.63) is 25.0 Å². The third-order valence-corrected chi connectivity index (χ3v) is 1.94. The van der Waals surface area contributed by atoms with Crippen LogP contribution < -0.4 is 10.1 Å². The number of nitrogens with one attached hydrogen (secondary N) is 1. The predicted octanol–water partition coefficient (Wildman–Crippen LogP) is 1.62. The SMILES string of the molecule is C=CCNCCOc1cnn(C(C)C)c1. The van der Waals surface area contributed by atoms with E-state index in [1.54, 1.807) is 6.20 Å². The van der Waals surface area contributed by atoms with Gasteiger partial charge in [-0.25, -0.2) is 0 Å². The van der Waals surface area contributed by atoms with Gasteiger partial charge in [0.25, 0.3) is 0 Å². The quantitative estimate of drug-likeness (QED) is 0.548. The molecule has 0 radical (unpaired) electrons. The zero-order chi connectivity index (χ0) is 11.1. The molecule has 1 aromatic rings. The summed E-state index contributed by atoms with van der Waals surface area (Å²) < 4.78 is 7.38. The van der Waals surface area contributed by atoms with Crippen molar-refractivity contribution in [2.45, 2.75) is 19.9 Å². The summed E-state index contributed by atoms with van der Waals surface area (Å²) in [5.41, 5.74) is 0. The average Bonchev–Trinajstić information content (AvgIpc) is 2.66. The van der Waals surface area contributed by atoms with Crippen molar-refractivity contribution in [3.63, 3.8) is 0 Å². The summed E-state index contributed by atoms with van der Waals surface area (Å²) in [4.78, 5) is 0. The van der Waals surface area contributed by atoms with E-state index in [1.165, 1.54) is 0 Å². The van der Waals surface area contributed by atoms with Gasteiger partial charge in [0.1, 0.15) is 6.61 Å². The lowest BCUT2D eigenvalue weighted by atomic mass is 10.4. The van der Waals surface area contributed by atoms with Crippen LogP contribution in [0.1, 0.15) is 19.9 Å². The van der Waals surface area contributed by atoms with Crippen molar-refractivity contribution in [3.8, 4) is 5.75 Å². The molecule has 0 fully saturated rings. The third-order valence-electron chi connectivity index (χ3n) is 1.94. The molecule has 0 saturated carbocycles. The van der Waals surface area contributed by atoms with E-state index in [-0.39, 0.29) is 0 Å². The van der Waals surface area contributed by atoms with E-state index in [4.69, 9.17) is 4.74 Å². The van der Waals surface area contributed by atoms with Crippen molar-refractivity contribution in [1.29, 1.82) is 0 Å². The van der Waals surface area contributed by atoms with E-state index in [0.29, 0.717) is 12.6 Å². The van der Waals surface area contributed by atoms with Crippen LogP contribution in [0, 0.1) is 0 Å². The largest absolute Gasteiger partial charge is 0.489 e. The summed E-state index contributed by atoms with van der Waals surface area (Å²) in [6, 6.07) is 0.376. The van der Waals surface area contributed by atoms with Crippen LogP contribution >= 0.6 is 0 Å². The topological polar surface area (TPSA) is 39.1 Å². The highest BCUT2D eigenvalue weighted by molar-refractivity contribution is 5.11. The molecule has 0 spiro atoms. The van der Waals surface area contributed by atoms with Gasteiger partial charge in [0, 0.05) is 19.1 Å². The van der Waals surface area contributed by atoms with E-state index in [1.807, 2.05) is 17.0 Å². The minimum absolute atomic E-state index is 0.376. The first-order valence-electron chi connectivity index (χ1n) is 5.22. The number of nitrogens with zero attached hydrogens (tertiary/aromatic N) is 2. The van der Waals surface area contributed by atoms with Crippen molar-refractivity contribution in [2.75, 3.05) is 19.7 Å². The lowest BCUT2D eigenvalue weighted by Gasteiger charge is -2.04. The molecule has 1 N–H and O–H groups in total. The van der Waals surface area contributed by atoms with E-state index in [2.05, 4.69) is 30.8 Å². The van der Waals surface area contributed by atoms with Gasteiger partial charge in [-0.1, -0.05) is 6.08 Å². The Balaban J connectivity index is 2.22. The minimum atomic E-state index is 0.376. The first kappa shape index (κ1) is 11.8. The standard InChI is InChI=1S/C11H19N3O/c1-4-5-12-6-7-15-11-8-13-14(9-11)10(2)3/h4,8-10,12H,1,5-7H2,2-3H3. The maximum absolute atomic E-state index is 5.50. The summed E-state index contributed by atoms with van der Waals surface area (Å²) in [6.45, 7) is 10.1. The number of aromatic nitrogens is 2. The van der Waals surface area contributed by atoms with Gasteiger partial charge in [-0.15, -0.1) is 6.58 Å². The summed E-state index contributed by atoms with van der Waals surface area (Å²) in [5.74, 6) is 0.823. The normalized spacial score (nSPS) is 10.6. The second-order valence-corrected chi connectivity index (χ2v) is 3.59. The van der Waals surface area contributed by atoms with Gasteiger partial charge in [-0.2, -0.15) is 5.10 Å². The average molecular weight is 209 g/mol. The van der Waals surface area contributed by atoms with Gasteiger partial charge in [0.15, 0.2) is 5.75 Å². The Morgan fingerprint density at radius 3 is 3.07 bits per heavy atom. The Kier molecular flexibility index (Phi) is 4.90. The molecule has 0 amide bonds.